The number of nitrogens with zero attached hydrogens (tertiary/aromatic N) is 1. The second kappa shape index (κ2) is 6.29. The van der Waals surface area contributed by atoms with Crippen LogP contribution < -0.4 is 5.32 Å². The van der Waals surface area contributed by atoms with E-state index in [9.17, 15) is 9.59 Å². The lowest BCUT2D eigenvalue weighted by molar-refractivity contribution is -0.156. The van der Waals surface area contributed by atoms with Crippen LogP contribution in [0.5, 0.6) is 0 Å². The first-order valence-electron chi connectivity index (χ1n) is 7.69. The van der Waals surface area contributed by atoms with E-state index in [1.807, 2.05) is 39.0 Å². The molecule has 1 fully saturated rings. The van der Waals surface area contributed by atoms with Crippen molar-refractivity contribution in [3.63, 3.8) is 0 Å². The minimum atomic E-state index is -0.739. The third-order valence-corrected chi connectivity index (χ3v) is 4.52. The summed E-state index contributed by atoms with van der Waals surface area (Å²) in [5.41, 5.74) is 0.445. The molecule has 1 saturated heterocycles. The summed E-state index contributed by atoms with van der Waals surface area (Å²) < 4.78 is 0. The SMILES string of the molecule is CCC1NC(=O)C(C)(CC)N(CCc2ccccc2)C1=O. The van der Waals surface area contributed by atoms with E-state index >= 15 is 0 Å². The van der Waals surface area contributed by atoms with E-state index < -0.39 is 5.54 Å². The molecule has 0 aliphatic carbocycles. The highest BCUT2D eigenvalue weighted by atomic mass is 16.2. The highest BCUT2D eigenvalue weighted by Crippen LogP contribution is 2.26. The number of rotatable bonds is 5. The van der Waals surface area contributed by atoms with E-state index in [1.54, 1.807) is 4.90 Å². The van der Waals surface area contributed by atoms with Crippen molar-refractivity contribution in [2.45, 2.75) is 51.6 Å². The fourth-order valence-corrected chi connectivity index (χ4v) is 2.80. The van der Waals surface area contributed by atoms with Crippen LogP contribution in [-0.2, 0) is 16.0 Å². The van der Waals surface area contributed by atoms with Crippen LogP contribution in [0.1, 0.15) is 39.2 Å². The van der Waals surface area contributed by atoms with Gasteiger partial charge in [-0.25, -0.2) is 0 Å². The minimum absolute atomic E-state index is 0.0375. The van der Waals surface area contributed by atoms with E-state index in [2.05, 4.69) is 17.4 Å². The summed E-state index contributed by atoms with van der Waals surface area (Å²) in [5.74, 6) is 0.00175. The van der Waals surface area contributed by atoms with Crippen LogP contribution in [0.15, 0.2) is 30.3 Å². The second-order valence-electron chi connectivity index (χ2n) is 5.79. The lowest BCUT2D eigenvalue weighted by Gasteiger charge is -2.46. The number of hydrogen-bond donors (Lipinski definition) is 1. The number of hydrogen-bond acceptors (Lipinski definition) is 2. The Morgan fingerprint density at radius 3 is 2.43 bits per heavy atom. The van der Waals surface area contributed by atoms with E-state index in [-0.39, 0.29) is 17.9 Å². The average molecular weight is 288 g/mol. The van der Waals surface area contributed by atoms with Gasteiger partial charge in [-0.3, -0.25) is 9.59 Å². The third kappa shape index (κ3) is 2.94. The fourth-order valence-electron chi connectivity index (χ4n) is 2.80. The predicted molar refractivity (Wildman–Crippen MR) is 82.8 cm³/mol. The van der Waals surface area contributed by atoms with E-state index in [0.717, 1.165) is 6.42 Å². The highest BCUT2D eigenvalue weighted by Gasteiger charge is 2.47. The van der Waals surface area contributed by atoms with Crippen LogP contribution >= 0.6 is 0 Å². The van der Waals surface area contributed by atoms with E-state index in [1.165, 1.54) is 5.56 Å². The Kier molecular flexibility index (Phi) is 4.66. The van der Waals surface area contributed by atoms with Crippen molar-refractivity contribution < 1.29 is 9.59 Å². The van der Waals surface area contributed by atoms with E-state index in [0.29, 0.717) is 19.4 Å². The lowest BCUT2D eigenvalue weighted by atomic mass is 9.89. The molecule has 1 aromatic carbocycles. The summed E-state index contributed by atoms with van der Waals surface area (Å²) in [6, 6.07) is 9.69. The molecule has 1 aliphatic rings. The summed E-state index contributed by atoms with van der Waals surface area (Å²) in [7, 11) is 0. The van der Waals surface area contributed by atoms with Gasteiger partial charge >= 0.3 is 0 Å². The molecule has 21 heavy (non-hydrogen) atoms. The fraction of sp³-hybridized carbons (Fsp3) is 0.529. The Labute approximate surface area is 126 Å². The zero-order chi connectivity index (χ0) is 15.5. The normalized spacial score (nSPS) is 25.9. The summed E-state index contributed by atoms with van der Waals surface area (Å²) in [6.07, 6.45) is 2.02. The molecule has 4 heteroatoms. The maximum atomic E-state index is 12.6. The molecule has 2 rings (SSSR count). The molecule has 2 unspecified atom stereocenters. The Hall–Kier alpha value is -1.84. The van der Waals surface area contributed by atoms with Crippen LogP contribution in [0, 0.1) is 0 Å². The van der Waals surface area contributed by atoms with E-state index in [4.69, 9.17) is 0 Å². The molecule has 0 bridgehead atoms. The molecule has 1 aromatic rings. The van der Waals surface area contributed by atoms with Crippen molar-refractivity contribution in [2.75, 3.05) is 6.54 Å². The number of nitrogens with one attached hydrogen (secondary N) is 1. The van der Waals surface area contributed by atoms with Gasteiger partial charge in [0.1, 0.15) is 11.6 Å². The molecule has 2 amide bonds. The van der Waals surface area contributed by atoms with Crippen molar-refractivity contribution >= 4 is 11.8 Å². The molecule has 0 saturated carbocycles. The van der Waals surface area contributed by atoms with Crippen LogP contribution in [0.25, 0.3) is 0 Å². The molecule has 0 aromatic heterocycles. The Bertz CT molecular complexity index is 515. The maximum Gasteiger partial charge on any atom is 0.246 e. The van der Waals surface area contributed by atoms with Gasteiger partial charge in [0.15, 0.2) is 0 Å². The smallest absolute Gasteiger partial charge is 0.246 e. The number of amides is 2. The second-order valence-corrected chi connectivity index (χ2v) is 5.79. The van der Waals surface area contributed by atoms with Crippen molar-refractivity contribution in [3.05, 3.63) is 35.9 Å². The molecule has 1 aliphatic heterocycles. The Morgan fingerprint density at radius 2 is 1.86 bits per heavy atom. The maximum absolute atomic E-state index is 12.6. The van der Waals surface area contributed by atoms with Crippen LogP contribution in [-0.4, -0.2) is 34.8 Å². The molecule has 0 radical (unpaired) electrons. The molecule has 1 heterocycles. The summed E-state index contributed by atoms with van der Waals surface area (Å²) >= 11 is 0. The first-order valence-corrected chi connectivity index (χ1v) is 7.69. The van der Waals surface area contributed by atoms with Gasteiger partial charge in [0.2, 0.25) is 11.8 Å². The summed E-state index contributed by atoms with van der Waals surface area (Å²) in [4.78, 5) is 26.8. The zero-order valence-electron chi connectivity index (χ0n) is 13.1. The standard InChI is InChI=1S/C17H24N2O2/c1-4-14-15(20)19(17(3,5-2)16(21)18-14)12-11-13-9-7-6-8-10-13/h6-10,14H,4-5,11-12H2,1-3H3,(H,18,21). The van der Waals surface area contributed by atoms with Gasteiger partial charge in [0.25, 0.3) is 0 Å². The third-order valence-electron chi connectivity index (χ3n) is 4.52. The molecule has 4 nitrogen and oxygen atoms in total. The zero-order valence-corrected chi connectivity index (χ0v) is 13.1. The van der Waals surface area contributed by atoms with Gasteiger partial charge < -0.3 is 10.2 Å². The summed E-state index contributed by atoms with van der Waals surface area (Å²) in [6.45, 7) is 6.32. The minimum Gasteiger partial charge on any atom is -0.342 e. The molecule has 1 N–H and O–H groups in total. The summed E-state index contributed by atoms with van der Waals surface area (Å²) in [5, 5.41) is 2.86. The van der Waals surface area contributed by atoms with Crippen molar-refractivity contribution in [3.8, 4) is 0 Å². The topological polar surface area (TPSA) is 49.4 Å². The van der Waals surface area contributed by atoms with Gasteiger partial charge in [0.05, 0.1) is 0 Å². The first-order chi connectivity index (χ1) is 10.0. The van der Waals surface area contributed by atoms with Gasteiger partial charge in [-0.2, -0.15) is 0 Å². The van der Waals surface area contributed by atoms with Crippen LogP contribution in [0.4, 0.5) is 0 Å². The number of carbonyl (C=O) groups excluding carboxylic acids is 2. The molecular formula is C17H24N2O2. The average Bonchev–Trinajstić information content (AvgIpc) is 2.51. The number of benzene rings is 1. The molecular weight excluding hydrogens is 264 g/mol. The number of piperazine rings is 1. The van der Waals surface area contributed by atoms with Crippen LogP contribution in [0.3, 0.4) is 0 Å². The predicted octanol–water partition coefficient (Wildman–Crippen LogP) is 2.13. The molecule has 2 atom stereocenters. The van der Waals surface area contributed by atoms with Crippen LogP contribution in [0.2, 0.25) is 0 Å². The van der Waals surface area contributed by atoms with Gasteiger partial charge in [-0.15, -0.1) is 0 Å². The monoisotopic (exact) mass is 288 g/mol. The van der Waals surface area contributed by atoms with Crippen molar-refractivity contribution in [1.82, 2.24) is 10.2 Å². The molecule has 0 spiro atoms. The Morgan fingerprint density at radius 1 is 1.19 bits per heavy atom. The number of carbonyl (C=O) groups is 2. The Balaban J connectivity index is 2.18. The largest absolute Gasteiger partial charge is 0.342 e. The van der Waals surface area contributed by atoms with Gasteiger partial charge in [-0.05, 0) is 31.7 Å². The van der Waals surface area contributed by atoms with Crippen molar-refractivity contribution in [1.29, 1.82) is 0 Å². The highest BCUT2D eigenvalue weighted by molar-refractivity contribution is 5.99. The van der Waals surface area contributed by atoms with Gasteiger partial charge in [-0.1, -0.05) is 44.2 Å². The first kappa shape index (κ1) is 15.5. The van der Waals surface area contributed by atoms with Crippen molar-refractivity contribution in [2.24, 2.45) is 0 Å². The van der Waals surface area contributed by atoms with Gasteiger partial charge in [0, 0.05) is 6.54 Å². The lowest BCUT2D eigenvalue weighted by Crippen LogP contribution is -2.69. The molecule has 114 valence electrons. The quantitative estimate of drug-likeness (QED) is 0.902.